The topological polar surface area (TPSA) is 124 Å². The average molecular weight is 312 g/mol. The van der Waals surface area contributed by atoms with Gasteiger partial charge in [0.25, 0.3) is 0 Å². The lowest BCUT2D eigenvalue weighted by Gasteiger charge is -2.28. The largest absolute Gasteiger partial charge is 0.480 e. The Labute approximate surface area is 128 Å². The first kappa shape index (κ1) is 19.9. The van der Waals surface area contributed by atoms with Crippen molar-refractivity contribution in [3.05, 3.63) is 35.6 Å². The molecule has 122 valence electrons. The smallest absolute Gasteiger partial charge is 0.320 e. The van der Waals surface area contributed by atoms with E-state index >= 15 is 0 Å². The Balaban J connectivity index is 0.000000326. The summed E-state index contributed by atoms with van der Waals surface area (Å²) in [4.78, 5) is 19.1. The van der Waals surface area contributed by atoms with Crippen LogP contribution in [0.1, 0.15) is 24.8 Å². The number of carboxylic acid groups (broad SMARTS) is 1. The van der Waals surface area contributed by atoms with Gasteiger partial charge in [0.2, 0.25) is 0 Å². The summed E-state index contributed by atoms with van der Waals surface area (Å²) in [6, 6.07) is 5.17. The number of hydrogen-bond donors (Lipinski definition) is 4. The summed E-state index contributed by atoms with van der Waals surface area (Å²) >= 11 is 0. The number of carboxylic acids is 1. The second-order valence-electron chi connectivity index (χ2n) is 4.60. The number of aliphatic carboxylic acids is 1. The molecule has 5 N–H and O–H groups in total. The summed E-state index contributed by atoms with van der Waals surface area (Å²) in [6.45, 7) is -0.361. The minimum absolute atomic E-state index is 0.252. The van der Waals surface area contributed by atoms with Crippen molar-refractivity contribution in [1.29, 1.82) is 5.41 Å². The van der Waals surface area contributed by atoms with Gasteiger partial charge in [-0.3, -0.25) is 4.79 Å². The first-order valence-corrected chi connectivity index (χ1v) is 6.75. The van der Waals surface area contributed by atoms with E-state index in [0.29, 0.717) is 6.29 Å². The van der Waals surface area contributed by atoms with Crippen LogP contribution in [0.25, 0.3) is 0 Å². The number of benzene rings is 1. The number of nitrogens with one attached hydrogen (secondary N) is 1. The zero-order valence-electron chi connectivity index (χ0n) is 12.1. The van der Waals surface area contributed by atoms with Crippen molar-refractivity contribution < 1.29 is 24.2 Å². The molecule has 1 fully saturated rings. The van der Waals surface area contributed by atoms with E-state index in [1.165, 1.54) is 18.3 Å². The fourth-order valence-electron chi connectivity index (χ4n) is 1.56. The number of carbonyl (C=O) groups excluding carboxylic acids is 1. The SMILES string of the molecule is N=Cc1ccc(F)cc1.NC(C(=O)O)C1CCC1.O=CCO. The van der Waals surface area contributed by atoms with Crippen LogP contribution in [0.5, 0.6) is 0 Å². The summed E-state index contributed by atoms with van der Waals surface area (Å²) < 4.78 is 12.1. The van der Waals surface area contributed by atoms with Crippen molar-refractivity contribution >= 4 is 18.5 Å². The molecule has 1 unspecified atom stereocenters. The minimum Gasteiger partial charge on any atom is -0.480 e. The lowest BCUT2D eigenvalue weighted by atomic mass is 9.80. The lowest BCUT2D eigenvalue weighted by molar-refractivity contribution is -0.140. The second-order valence-corrected chi connectivity index (χ2v) is 4.60. The fourth-order valence-corrected chi connectivity index (χ4v) is 1.56. The van der Waals surface area contributed by atoms with Crippen LogP contribution in [-0.2, 0) is 9.59 Å². The van der Waals surface area contributed by atoms with Crippen LogP contribution in [0.4, 0.5) is 4.39 Å². The normalized spacial score (nSPS) is 14.1. The van der Waals surface area contributed by atoms with Gasteiger partial charge in [0.15, 0.2) is 0 Å². The van der Waals surface area contributed by atoms with Crippen molar-refractivity contribution in [1.82, 2.24) is 0 Å². The number of halogens is 1. The van der Waals surface area contributed by atoms with Gasteiger partial charge in [-0.15, -0.1) is 0 Å². The molecule has 1 aromatic carbocycles. The van der Waals surface area contributed by atoms with Gasteiger partial charge in [-0.25, -0.2) is 4.39 Å². The number of aldehydes is 1. The quantitative estimate of drug-likeness (QED) is 0.491. The van der Waals surface area contributed by atoms with Crippen LogP contribution in [0.2, 0.25) is 0 Å². The molecule has 1 saturated carbocycles. The first-order valence-electron chi connectivity index (χ1n) is 6.75. The Morgan fingerprint density at radius 1 is 1.41 bits per heavy atom. The molecule has 0 aliphatic heterocycles. The number of aliphatic hydroxyl groups is 1. The minimum atomic E-state index is -0.861. The Bertz CT molecular complexity index is 461. The molecule has 0 spiro atoms. The van der Waals surface area contributed by atoms with Gasteiger partial charge in [-0.1, -0.05) is 18.6 Å². The van der Waals surface area contributed by atoms with Gasteiger partial charge < -0.3 is 26.2 Å². The zero-order valence-corrected chi connectivity index (χ0v) is 12.1. The Morgan fingerprint density at radius 2 is 1.91 bits per heavy atom. The van der Waals surface area contributed by atoms with E-state index in [1.807, 2.05) is 0 Å². The highest BCUT2D eigenvalue weighted by Crippen LogP contribution is 2.28. The molecule has 0 saturated heterocycles. The third-order valence-corrected chi connectivity index (χ3v) is 3.05. The van der Waals surface area contributed by atoms with Crippen LogP contribution in [-0.4, -0.2) is 41.3 Å². The molecule has 7 heteroatoms. The predicted molar refractivity (Wildman–Crippen MR) is 80.4 cm³/mol. The molecule has 6 nitrogen and oxygen atoms in total. The maximum absolute atomic E-state index is 12.1. The van der Waals surface area contributed by atoms with Gasteiger partial charge in [0, 0.05) is 6.21 Å². The third-order valence-electron chi connectivity index (χ3n) is 3.05. The molecule has 1 aliphatic carbocycles. The van der Waals surface area contributed by atoms with Crippen LogP contribution >= 0.6 is 0 Å². The first-order chi connectivity index (χ1) is 10.5. The highest BCUT2D eigenvalue weighted by molar-refractivity contribution is 5.76. The van der Waals surface area contributed by atoms with Crippen LogP contribution < -0.4 is 5.73 Å². The Hall–Kier alpha value is -2.12. The van der Waals surface area contributed by atoms with Crippen molar-refractivity contribution in [3.63, 3.8) is 0 Å². The van der Waals surface area contributed by atoms with Crippen molar-refractivity contribution in [2.45, 2.75) is 25.3 Å². The summed E-state index contributed by atoms with van der Waals surface area (Å²) in [7, 11) is 0. The summed E-state index contributed by atoms with van der Waals surface area (Å²) in [5, 5.41) is 22.7. The lowest BCUT2D eigenvalue weighted by Crippen LogP contribution is -2.41. The average Bonchev–Trinajstić information content (AvgIpc) is 2.47. The highest BCUT2D eigenvalue weighted by Gasteiger charge is 2.28. The molecular formula is C15H21FN2O4. The molecule has 1 aliphatic rings. The van der Waals surface area contributed by atoms with E-state index in [1.54, 1.807) is 12.1 Å². The number of aliphatic hydroxyl groups excluding tert-OH is 1. The maximum atomic E-state index is 12.1. The molecule has 0 radical (unpaired) electrons. The molecule has 0 amide bonds. The molecule has 22 heavy (non-hydrogen) atoms. The molecule has 1 atom stereocenters. The Kier molecular flexibility index (Phi) is 10.4. The molecule has 0 bridgehead atoms. The van der Waals surface area contributed by atoms with Gasteiger partial charge >= 0.3 is 5.97 Å². The van der Waals surface area contributed by atoms with E-state index in [4.69, 9.17) is 26.2 Å². The third kappa shape index (κ3) is 8.23. The van der Waals surface area contributed by atoms with Crippen LogP contribution in [0, 0.1) is 17.1 Å². The van der Waals surface area contributed by atoms with Gasteiger partial charge in [0.05, 0.1) is 6.61 Å². The Morgan fingerprint density at radius 3 is 2.14 bits per heavy atom. The maximum Gasteiger partial charge on any atom is 0.320 e. The van der Waals surface area contributed by atoms with Crippen molar-refractivity contribution in [2.75, 3.05) is 6.61 Å². The van der Waals surface area contributed by atoms with Crippen molar-refractivity contribution in [3.8, 4) is 0 Å². The predicted octanol–water partition coefficient (Wildman–Crippen LogP) is 1.20. The van der Waals surface area contributed by atoms with Crippen LogP contribution in [0.3, 0.4) is 0 Å². The van der Waals surface area contributed by atoms with Crippen LogP contribution in [0.15, 0.2) is 24.3 Å². The molecule has 0 aromatic heterocycles. The van der Waals surface area contributed by atoms with Gasteiger partial charge in [0.1, 0.15) is 18.1 Å². The van der Waals surface area contributed by atoms with E-state index in [-0.39, 0.29) is 18.3 Å². The van der Waals surface area contributed by atoms with E-state index in [9.17, 15) is 9.18 Å². The summed E-state index contributed by atoms with van der Waals surface area (Å²) in [6.07, 6.45) is 4.74. The van der Waals surface area contributed by atoms with E-state index < -0.39 is 12.0 Å². The van der Waals surface area contributed by atoms with Gasteiger partial charge in [-0.2, -0.15) is 0 Å². The fraction of sp³-hybridized carbons (Fsp3) is 0.400. The number of nitrogens with two attached hydrogens (primary N) is 1. The summed E-state index contributed by atoms with van der Waals surface area (Å²) in [5.41, 5.74) is 6.04. The van der Waals surface area contributed by atoms with Crippen molar-refractivity contribution in [2.24, 2.45) is 11.7 Å². The monoisotopic (exact) mass is 312 g/mol. The number of hydrogen-bond acceptors (Lipinski definition) is 5. The molecular weight excluding hydrogens is 291 g/mol. The zero-order chi connectivity index (χ0) is 17.0. The number of rotatable bonds is 4. The van der Waals surface area contributed by atoms with E-state index in [2.05, 4.69) is 0 Å². The van der Waals surface area contributed by atoms with E-state index in [0.717, 1.165) is 24.8 Å². The molecule has 0 heterocycles. The second kappa shape index (κ2) is 11.5. The standard InChI is InChI=1S/C7H6FN.C6H11NO2.C2H4O2/c8-7-3-1-6(5-9)2-4-7;7-5(6(8)9)4-2-1-3-4;3-1-2-4/h1-5,9H;4-5H,1-3,7H2,(H,8,9);1,4H,2H2. The molecule has 1 aromatic rings. The highest BCUT2D eigenvalue weighted by atomic mass is 19.1. The number of carbonyl (C=O) groups is 2. The summed E-state index contributed by atoms with van der Waals surface area (Å²) in [5.74, 6) is -0.872. The van der Waals surface area contributed by atoms with Gasteiger partial charge in [-0.05, 0) is 36.5 Å². The molecule has 2 rings (SSSR count).